The molecule has 19 heavy (non-hydrogen) atoms. The lowest BCUT2D eigenvalue weighted by Crippen LogP contribution is -2.29. The summed E-state index contributed by atoms with van der Waals surface area (Å²) in [7, 11) is 0. The van der Waals surface area contributed by atoms with Gasteiger partial charge in [-0.25, -0.2) is 0 Å². The Kier molecular flexibility index (Phi) is 6.36. The molecule has 2 N–H and O–H groups in total. The first-order valence-corrected chi connectivity index (χ1v) is 6.90. The van der Waals surface area contributed by atoms with Gasteiger partial charge in [0.1, 0.15) is 5.75 Å². The van der Waals surface area contributed by atoms with Crippen molar-refractivity contribution in [3.05, 3.63) is 23.8 Å². The number of nitrogen functional groups attached to an aromatic ring is 1. The molecule has 0 saturated carbocycles. The number of carbonyl (C=O) groups is 1. The van der Waals surface area contributed by atoms with Crippen molar-refractivity contribution in [1.29, 1.82) is 0 Å². The van der Waals surface area contributed by atoms with E-state index in [0.29, 0.717) is 30.2 Å². The molecule has 0 aliphatic carbocycles. The van der Waals surface area contributed by atoms with E-state index in [1.807, 2.05) is 20.8 Å². The van der Waals surface area contributed by atoms with E-state index in [0.717, 1.165) is 19.5 Å². The Morgan fingerprint density at radius 2 is 1.95 bits per heavy atom. The Bertz CT molecular complexity index is 415. The Morgan fingerprint density at radius 3 is 2.47 bits per heavy atom. The van der Waals surface area contributed by atoms with Crippen molar-refractivity contribution in [3.8, 4) is 5.75 Å². The quantitative estimate of drug-likeness (QED) is 0.579. The van der Waals surface area contributed by atoms with Crippen LogP contribution in [-0.2, 0) is 0 Å². The number of ether oxygens (including phenoxy) is 1. The van der Waals surface area contributed by atoms with Gasteiger partial charge in [-0.1, -0.05) is 20.8 Å². The highest BCUT2D eigenvalue weighted by atomic mass is 16.5. The number of hydrogen-bond donors (Lipinski definition) is 1. The van der Waals surface area contributed by atoms with Crippen molar-refractivity contribution in [2.24, 2.45) is 0 Å². The van der Waals surface area contributed by atoms with Crippen LogP contribution in [0.4, 0.5) is 5.69 Å². The van der Waals surface area contributed by atoms with Gasteiger partial charge in [0.15, 0.2) is 5.78 Å². The minimum Gasteiger partial charge on any atom is -0.491 e. The van der Waals surface area contributed by atoms with Crippen LogP contribution >= 0.6 is 0 Å². The fraction of sp³-hybridized carbons (Fsp3) is 0.533. The average molecular weight is 264 g/mol. The standard InChI is InChI=1S/C15H24N2O2/c1-4-9-19-15-8-7-12(10-13(15)16)14(18)11-17(5-2)6-3/h7-8,10H,4-6,9,11,16H2,1-3H3. The van der Waals surface area contributed by atoms with E-state index in [9.17, 15) is 4.79 Å². The summed E-state index contributed by atoms with van der Waals surface area (Å²) in [5, 5.41) is 0. The molecule has 1 aromatic carbocycles. The zero-order chi connectivity index (χ0) is 14.3. The minimum absolute atomic E-state index is 0.0949. The molecule has 4 heteroatoms. The van der Waals surface area contributed by atoms with Gasteiger partial charge in [-0.15, -0.1) is 0 Å². The molecule has 0 aliphatic rings. The Labute approximate surface area is 115 Å². The number of nitrogens with zero attached hydrogens (tertiary/aromatic N) is 1. The van der Waals surface area contributed by atoms with Gasteiger partial charge in [-0.05, 0) is 37.7 Å². The molecule has 0 amide bonds. The molecule has 106 valence electrons. The van der Waals surface area contributed by atoms with Gasteiger partial charge in [0.05, 0.1) is 18.8 Å². The molecule has 4 nitrogen and oxygen atoms in total. The van der Waals surface area contributed by atoms with Crippen LogP contribution in [0.2, 0.25) is 0 Å². The van der Waals surface area contributed by atoms with Crippen molar-refractivity contribution >= 4 is 11.5 Å². The maximum atomic E-state index is 12.1. The largest absolute Gasteiger partial charge is 0.491 e. The third kappa shape index (κ3) is 4.56. The van der Waals surface area contributed by atoms with Gasteiger partial charge in [0, 0.05) is 5.56 Å². The number of Topliss-reactive ketones (excluding diaryl/α,β-unsaturated/α-hetero) is 1. The Morgan fingerprint density at radius 1 is 1.26 bits per heavy atom. The normalized spacial score (nSPS) is 10.7. The second kappa shape index (κ2) is 7.79. The summed E-state index contributed by atoms with van der Waals surface area (Å²) in [5.41, 5.74) is 7.08. The SMILES string of the molecule is CCCOc1ccc(C(=O)CN(CC)CC)cc1N. The third-order valence-corrected chi connectivity index (χ3v) is 3.06. The van der Waals surface area contributed by atoms with Crippen LogP contribution in [0, 0.1) is 0 Å². The topological polar surface area (TPSA) is 55.6 Å². The van der Waals surface area contributed by atoms with E-state index in [1.165, 1.54) is 0 Å². The first-order chi connectivity index (χ1) is 9.12. The van der Waals surface area contributed by atoms with Gasteiger partial charge < -0.3 is 10.5 Å². The van der Waals surface area contributed by atoms with E-state index >= 15 is 0 Å². The lowest BCUT2D eigenvalue weighted by atomic mass is 10.1. The highest BCUT2D eigenvalue weighted by Crippen LogP contribution is 2.23. The number of hydrogen-bond acceptors (Lipinski definition) is 4. The monoisotopic (exact) mass is 264 g/mol. The van der Waals surface area contributed by atoms with E-state index in [-0.39, 0.29) is 5.78 Å². The highest BCUT2D eigenvalue weighted by molar-refractivity contribution is 5.98. The zero-order valence-corrected chi connectivity index (χ0v) is 12.1. The maximum Gasteiger partial charge on any atom is 0.176 e. The van der Waals surface area contributed by atoms with E-state index in [2.05, 4.69) is 4.90 Å². The maximum absolute atomic E-state index is 12.1. The Hall–Kier alpha value is -1.55. The smallest absolute Gasteiger partial charge is 0.176 e. The first kappa shape index (κ1) is 15.5. The number of likely N-dealkylation sites (N-methyl/N-ethyl adjacent to an activating group) is 1. The van der Waals surface area contributed by atoms with Crippen molar-refractivity contribution in [3.63, 3.8) is 0 Å². The van der Waals surface area contributed by atoms with E-state index in [4.69, 9.17) is 10.5 Å². The van der Waals surface area contributed by atoms with Crippen LogP contribution < -0.4 is 10.5 Å². The first-order valence-electron chi connectivity index (χ1n) is 6.90. The summed E-state index contributed by atoms with van der Waals surface area (Å²) in [4.78, 5) is 14.2. The third-order valence-electron chi connectivity index (χ3n) is 3.06. The molecule has 0 spiro atoms. The molecule has 0 atom stereocenters. The number of carbonyl (C=O) groups excluding carboxylic acids is 1. The average Bonchev–Trinajstić information content (AvgIpc) is 2.43. The molecule has 0 fully saturated rings. The number of anilines is 1. The molecular formula is C15H24N2O2. The van der Waals surface area contributed by atoms with Crippen molar-refractivity contribution in [2.45, 2.75) is 27.2 Å². The predicted molar refractivity (Wildman–Crippen MR) is 78.8 cm³/mol. The molecule has 0 aromatic heterocycles. The summed E-state index contributed by atoms with van der Waals surface area (Å²) >= 11 is 0. The number of benzene rings is 1. The van der Waals surface area contributed by atoms with Crippen LogP contribution in [0.15, 0.2) is 18.2 Å². The zero-order valence-electron chi connectivity index (χ0n) is 12.1. The lowest BCUT2D eigenvalue weighted by Gasteiger charge is -2.17. The van der Waals surface area contributed by atoms with Crippen molar-refractivity contribution in [1.82, 2.24) is 4.90 Å². The molecule has 0 radical (unpaired) electrons. The summed E-state index contributed by atoms with van der Waals surface area (Å²) in [6, 6.07) is 5.27. The number of ketones is 1. The van der Waals surface area contributed by atoms with Crippen LogP contribution in [0.3, 0.4) is 0 Å². The Balaban J connectivity index is 2.74. The second-order valence-corrected chi connectivity index (χ2v) is 4.49. The molecule has 0 saturated heterocycles. The van der Waals surface area contributed by atoms with Gasteiger partial charge in [0.25, 0.3) is 0 Å². The van der Waals surface area contributed by atoms with Gasteiger partial charge in [-0.2, -0.15) is 0 Å². The van der Waals surface area contributed by atoms with Crippen LogP contribution in [0.5, 0.6) is 5.75 Å². The van der Waals surface area contributed by atoms with Gasteiger partial charge in [-0.3, -0.25) is 9.69 Å². The molecule has 0 bridgehead atoms. The van der Waals surface area contributed by atoms with Gasteiger partial charge in [0.2, 0.25) is 0 Å². The molecule has 0 unspecified atom stereocenters. The lowest BCUT2D eigenvalue weighted by molar-refractivity contribution is 0.0937. The number of rotatable bonds is 8. The fourth-order valence-corrected chi connectivity index (χ4v) is 1.81. The molecule has 1 rings (SSSR count). The predicted octanol–water partition coefficient (Wildman–Crippen LogP) is 2.58. The van der Waals surface area contributed by atoms with Crippen molar-refractivity contribution in [2.75, 3.05) is 32.0 Å². The highest BCUT2D eigenvalue weighted by Gasteiger charge is 2.11. The van der Waals surface area contributed by atoms with E-state index < -0.39 is 0 Å². The summed E-state index contributed by atoms with van der Waals surface area (Å²) in [5.74, 6) is 0.749. The minimum atomic E-state index is 0.0949. The summed E-state index contributed by atoms with van der Waals surface area (Å²) in [6.07, 6.45) is 0.933. The molecular weight excluding hydrogens is 240 g/mol. The summed E-state index contributed by atoms with van der Waals surface area (Å²) < 4.78 is 5.50. The van der Waals surface area contributed by atoms with Crippen molar-refractivity contribution < 1.29 is 9.53 Å². The number of nitrogens with two attached hydrogens (primary N) is 1. The molecule has 1 aromatic rings. The second-order valence-electron chi connectivity index (χ2n) is 4.49. The fourth-order valence-electron chi connectivity index (χ4n) is 1.81. The molecule has 0 aliphatic heterocycles. The van der Waals surface area contributed by atoms with E-state index in [1.54, 1.807) is 18.2 Å². The van der Waals surface area contributed by atoms with Gasteiger partial charge >= 0.3 is 0 Å². The van der Waals surface area contributed by atoms with Crippen LogP contribution in [0.25, 0.3) is 0 Å². The molecule has 0 heterocycles. The summed E-state index contributed by atoms with van der Waals surface area (Å²) in [6.45, 7) is 8.95. The van der Waals surface area contributed by atoms with Crippen LogP contribution in [0.1, 0.15) is 37.6 Å². The van der Waals surface area contributed by atoms with Crippen LogP contribution in [-0.4, -0.2) is 36.9 Å².